The second-order valence-electron chi connectivity index (χ2n) is 3.33. The van der Waals surface area contributed by atoms with Gasteiger partial charge in [0.15, 0.2) is 0 Å². The molecule has 16 heavy (non-hydrogen) atoms. The van der Waals surface area contributed by atoms with Crippen LogP contribution in [0.4, 0.5) is 0 Å². The zero-order chi connectivity index (χ0) is 12.0. The number of ether oxygens (including phenoxy) is 1. The lowest BCUT2D eigenvalue weighted by Gasteiger charge is -2.08. The zero-order valence-corrected chi connectivity index (χ0v) is 11.8. The van der Waals surface area contributed by atoms with Crippen LogP contribution in [-0.2, 0) is 0 Å². The minimum absolute atomic E-state index is 0.439. The third kappa shape index (κ3) is 4.62. The van der Waals surface area contributed by atoms with Crippen molar-refractivity contribution in [3.05, 3.63) is 27.2 Å². The molecule has 0 unspecified atom stereocenters. The van der Waals surface area contributed by atoms with Crippen LogP contribution in [0.1, 0.15) is 19.3 Å². The number of halogens is 3. The fraction of sp³-hybridized carbons (Fsp3) is 0.455. The molecule has 0 bridgehead atoms. The minimum Gasteiger partial charge on any atom is -0.492 e. The molecule has 0 aliphatic rings. The summed E-state index contributed by atoms with van der Waals surface area (Å²) in [6.45, 7) is 0.630. The van der Waals surface area contributed by atoms with Crippen LogP contribution < -0.4 is 4.74 Å². The molecule has 1 rings (SSSR count). The van der Waals surface area contributed by atoms with Gasteiger partial charge in [-0.2, -0.15) is 12.6 Å². The molecule has 1 aromatic rings. The highest BCUT2D eigenvalue weighted by atomic mass is 35.5. The lowest BCUT2D eigenvalue weighted by atomic mass is 10.2. The molecule has 5 heteroatoms. The van der Waals surface area contributed by atoms with Gasteiger partial charge in [0.1, 0.15) is 5.75 Å². The molecule has 1 aromatic carbocycles. The predicted octanol–water partition coefficient (Wildman–Crippen LogP) is 5.13. The summed E-state index contributed by atoms with van der Waals surface area (Å²) in [5.41, 5.74) is 0. The van der Waals surface area contributed by atoms with E-state index >= 15 is 0 Å². The summed E-state index contributed by atoms with van der Waals surface area (Å²) in [4.78, 5) is 0. The van der Waals surface area contributed by atoms with E-state index in [1.54, 1.807) is 12.1 Å². The number of thiol groups is 1. The van der Waals surface area contributed by atoms with E-state index in [1.165, 1.54) is 0 Å². The molecule has 0 amide bonds. The smallest absolute Gasteiger partial charge is 0.139 e. The summed E-state index contributed by atoms with van der Waals surface area (Å²) in [5, 5.41) is 1.38. The van der Waals surface area contributed by atoms with Gasteiger partial charge in [-0.25, -0.2) is 0 Å². The first-order valence-corrected chi connectivity index (χ1v) is 6.80. The van der Waals surface area contributed by atoms with Crippen LogP contribution in [0.25, 0.3) is 0 Å². The van der Waals surface area contributed by atoms with Crippen LogP contribution in [0.15, 0.2) is 12.1 Å². The van der Waals surface area contributed by atoms with Crippen LogP contribution in [0.5, 0.6) is 5.75 Å². The van der Waals surface area contributed by atoms with Crippen molar-refractivity contribution in [2.24, 2.45) is 0 Å². The molecule has 0 N–H and O–H groups in total. The van der Waals surface area contributed by atoms with E-state index < -0.39 is 0 Å². The van der Waals surface area contributed by atoms with E-state index in [0.717, 1.165) is 25.0 Å². The van der Waals surface area contributed by atoms with Crippen molar-refractivity contribution in [1.29, 1.82) is 0 Å². The second kappa shape index (κ2) is 7.54. The van der Waals surface area contributed by atoms with Crippen LogP contribution in [0.3, 0.4) is 0 Å². The Labute approximate surface area is 116 Å². The SMILES string of the molecule is SCCCCCOc1cc(Cl)c(Cl)cc1Cl. The summed E-state index contributed by atoms with van der Waals surface area (Å²) >= 11 is 21.8. The van der Waals surface area contributed by atoms with Gasteiger partial charge in [0.25, 0.3) is 0 Å². The van der Waals surface area contributed by atoms with Gasteiger partial charge in [-0.3, -0.25) is 0 Å². The van der Waals surface area contributed by atoms with E-state index in [0.29, 0.717) is 27.4 Å². The first-order chi connectivity index (χ1) is 7.65. The fourth-order valence-corrected chi connectivity index (χ4v) is 2.00. The van der Waals surface area contributed by atoms with Crippen molar-refractivity contribution in [1.82, 2.24) is 0 Å². The lowest BCUT2D eigenvalue weighted by molar-refractivity contribution is 0.306. The predicted molar refractivity (Wildman–Crippen MR) is 74.7 cm³/mol. The summed E-state index contributed by atoms with van der Waals surface area (Å²) in [6.07, 6.45) is 3.18. The average Bonchev–Trinajstić information content (AvgIpc) is 2.25. The van der Waals surface area contributed by atoms with Gasteiger partial charge in [0.2, 0.25) is 0 Å². The number of hydrogen-bond acceptors (Lipinski definition) is 2. The molecule has 0 saturated heterocycles. The van der Waals surface area contributed by atoms with Crippen LogP contribution in [0, 0.1) is 0 Å². The van der Waals surface area contributed by atoms with Gasteiger partial charge in [-0.05, 0) is 31.1 Å². The summed E-state index contributed by atoms with van der Waals surface area (Å²) < 4.78 is 5.52. The molecular weight excluding hydrogens is 287 g/mol. The molecule has 0 aliphatic heterocycles. The molecule has 0 heterocycles. The monoisotopic (exact) mass is 298 g/mol. The largest absolute Gasteiger partial charge is 0.492 e. The van der Waals surface area contributed by atoms with E-state index in [-0.39, 0.29) is 0 Å². The molecule has 0 saturated carbocycles. The number of hydrogen-bond donors (Lipinski definition) is 1. The highest BCUT2D eigenvalue weighted by molar-refractivity contribution is 7.80. The molecule has 0 aromatic heterocycles. The average molecular weight is 300 g/mol. The highest BCUT2D eigenvalue weighted by Crippen LogP contribution is 2.33. The van der Waals surface area contributed by atoms with E-state index in [4.69, 9.17) is 39.5 Å². The van der Waals surface area contributed by atoms with Crippen molar-refractivity contribution in [3.63, 3.8) is 0 Å². The molecule has 0 atom stereocenters. The maximum Gasteiger partial charge on any atom is 0.139 e. The van der Waals surface area contributed by atoms with Crippen LogP contribution in [-0.4, -0.2) is 12.4 Å². The third-order valence-corrected chi connectivity index (χ3v) is 3.37. The van der Waals surface area contributed by atoms with Gasteiger partial charge in [0, 0.05) is 6.07 Å². The van der Waals surface area contributed by atoms with Crippen molar-refractivity contribution < 1.29 is 4.74 Å². The Bertz CT molecular complexity index is 344. The Morgan fingerprint density at radius 1 is 0.938 bits per heavy atom. The number of rotatable bonds is 6. The molecule has 0 spiro atoms. The topological polar surface area (TPSA) is 9.23 Å². The zero-order valence-electron chi connectivity index (χ0n) is 8.68. The Hall–Kier alpha value is 0.240. The minimum atomic E-state index is 0.439. The van der Waals surface area contributed by atoms with E-state index in [9.17, 15) is 0 Å². The molecular formula is C11H13Cl3OS. The Morgan fingerprint density at radius 3 is 2.31 bits per heavy atom. The van der Waals surface area contributed by atoms with Gasteiger partial charge >= 0.3 is 0 Å². The van der Waals surface area contributed by atoms with Crippen LogP contribution in [0.2, 0.25) is 15.1 Å². The summed E-state index contributed by atoms with van der Waals surface area (Å²) in [6, 6.07) is 3.24. The summed E-state index contributed by atoms with van der Waals surface area (Å²) in [7, 11) is 0. The van der Waals surface area contributed by atoms with Gasteiger partial charge in [0.05, 0.1) is 21.7 Å². The van der Waals surface area contributed by atoms with Gasteiger partial charge in [-0.1, -0.05) is 34.8 Å². The Balaban J connectivity index is 2.45. The van der Waals surface area contributed by atoms with Crippen LogP contribution >= 0.6 is 47.4 Å². The van der Waals surface area contributed by atoms with Crippen molar-refractivity contribution in [2.75, 3.05) is 12.4 Å². The molecule has 90 valence electrons. The summed E-state index contributed by atoms with van der Waals surface area (Å²) in [5.74, 6) is 1.50. The second-order valence-corrected chi connectivity index (χ2v) is 5.00. The third-order valence-electron chi connectivity index (χ3n) is 2.03. The molecule has 0 aliphatic carbocycles. The van der Waals surface area contributed by atoms with Crippen molar-refractivity contribution in [2.45, 2.75) is 19.3 Å². The van der Waals surface area contributed by atoms with Gasteiger partial charge in [-0.15, -0.1) is 0 Å². The normalized spacial score (nSPS) is 10.5. The number of unbranched alkanes of at least 4 members (excludes halogenated alkanes) is 2. The Kier molecular flexibility index (Phi) is 6.74. The highest BCUT2D eigenvalue weighted by Gasteiger charge is 2.06. The molecule has 1 nitrogen and oxygen atoms in total. The Morgan fingerprint density at radius 2 is 1.62 bits per heavy atom. The van der Waals surface area contributed by atoms with Crippen molar-refractivity contribution >= 4 is 47.4 Å². The fourth-order valence-electron chi connectivity index (χ4n) is 1.19. The van der Waals surface area contributed by atoms with Gasteiger partial charge < -0.3 is 4.74 Å². The maximum absolute atomic E-state index is 5.96. The first-order valence-electron chi connectivity index (χ1n) is 5.03. The van der Waals surface area contributed by atoms with E-state index in [1.807, 2.05) is 0 Å². The van der Waals surface area contributed by atoms with Crippen molar-refractivity contribution in [3.8, 4) is 5.75 Å². The van der Waals surface area contributed by atoms with E-state index in [2.05, 4.69) is 12.6 Å². The standard InChI is InChI=1S/C11H13Cl3OS/c12-8-6-10(14)11(7-9(8)13)15-4-2-1-3-5-16/h6-7,16H,1-5H2. The molecule has 0 radical (unpaired) electrons. The lowest BCUT2D eigenvalue weighted by Crippen LogP contribution is -1.98. The maximum atomic E-state index is 5.96. The first kappa shape index (κ1) is 14.3. The molecule has 0 fully saturated rings. The number of benzene rings is 1. The quantitative estimate of drug-likeness (QED) is 0.435.